The smallest absolute Gasteiger partial charge is 0.276 e. The maximum Gasteiger partial charge on any atom is 0.276 e. The van der Waals surface area contributed by atoms with E-state index >= 15 is 0 Å². The van der Waals surface area contributed by atoms with Crippen LogP contribution in [0.5, 0.6) is 0 Å². The molecule has 1 N–H and O–H groups in total. The van der Waals surface area contributed by atoms with E-state index in [9.17, 15) is 9.59 Å². The molecule has 166 valence electrons. The van der Waals surface area contributed by atoms with Crippen molar-refractivity contribution >= 4 is 45.6 Å². The van der Waals surface area contributed by atoms with Crippen LogP contribution in [0.3, 0.4) is 0 Å². The highest BCUT2D eigenvalue weighted by Crippen LogP contribution is 2.30. The average Bonchev–Trinajstić information content (AvgIpc) is 3.28. The number of thiazole rings is 1. The van der Waals surface area contributed by atoms with Crippen molar-refractivity contribution in [2.45, 2.75) is 0 Å². The Kier molecular flexibility index (Phi) is 6.99. The number of rotatable bonds is 6. The fraction of sp³-hybridized carbons (Fsp3) is 0.273. The summed E-state index contributed by atoms with van der Waals surface area (Å²) in [6.07, 6.45) is 1.68. The topological polar surface area (TPSA) is 87.7 Å². The molecule has 0 unspecified atom stereocenters. The zero-order valence-electron chi connectivity index (χ0n) is 17.5. The number of pyridine rings is 1. The second-order valence-electron chi connectivity index (χ2n) is 7.17. The number of benzene rings is 1. The lowest BCUT2D eigenvalue weighted by Gasteiger charge is -2.35. The molecule has 4 rings (SSSR count). The molecule has 2 amide bonds. The van der Waals surface area contributed by atoms with E-state index in [2.05, 4.69) is 20.2 Å². The van der Waals surface area contributed by atoms with E-state index in [0.29, 0.717) is 47.7 Å². The number of carbonyl (C=O) groups is 2. The van der Waals surface area contributed by atoms with Crippen LogP contribution in [0.15, 0.2) is 48.0 Å². The van der Waals surface area contributed by atoms with Gasteiger partial charge in [0.25, 0.3) is 5.91 Å². The zero-order chi connectivity index (χ0) is 22.5. The van der Waals surface area contributed by atoms with Crippen LogP contribution in [-0.2, 0) is 9.53 Å². The molecule has 1 aromatic carbocycles. The largest absolute Gasteiger partial charge is 0.375 e. The molecule has 3 aromatic rings. The van der Waals surface area contributed by atoms with Crippen LogP contribution >= 0.6 is 22.9 Å². The van der Waals surface area contributed by atoms with E-state index in [1.165, 1.54) is 18.4 Å². The average molecular weight is 472 g/mol. The summed E-state index contributed by atoms with van der Waals surface area (Å²) in [6.45, 7) is 2.76. The monoisotopic (exact) mass is 471 g/mol. The van der Waals surface area contributed by atoms with Gasteiger partial charge in [0.2, 0.25) is 5.91 Å². The predicted molar refractivity (Wildman–Crippen MR) is 125 cm³/mol. The van der Waals surface area contributed by atoms with E-state index in [0.717, 1.165) is 11.3 Å². The maximum absolute atomic E-state index is 12.6. The number of amides is 2. The Labute approximate surface area is 194 Å². The van der Waals surface area contributed by atoms with Crippen molar-refractivity contribution < 1.29 is 14.3 Å². The van der Waals surface area contributed by atoms with Crippen LogP contribution in [0, 0.1) is 0 Å². The summed E-state index contributed by atoms with van der Waals surface area (Å²) in [5.41, 5.74) is 2.74. The van der Waals surface area contributed by atoms with E-state index in [-0.39, 0.29) is 18.4 Å². The molecule has 32 heavy (non-hydrogen) atoms. The SMILES string of the molecule is COCC(=O)N1CCN(c2ccc(C(=O)Nc3nc(-c4ccccc4Cl)cs3)nc2)CC1. The molecule has 10 heteroatoms. The van der Waals surface area contributed by atoms with E-state index in [1.54, 1.807) is 23.2 Å². The number of carbonyl (C=O) groups excluding carboxylic acids is 2. The van der Waals surface area contributed by atoms with Gasteiger partial charge >= 0.3 is 0 Å². The number of methoxy groups -OCH3 is 1. The number of ether oxygens (including phenoxy) is 1. The Bertz CT molecular complexity index is 1100. The first-order chi connectivity index (χ1) is 15.5. The molecule has 0 bridgehead atoms. The first-order valence-electron chi connectivity index (χ1n) is 10.0. The molecule has 1 aliphatic heterocycles. The highest BCUT2D eigenvalue weighted by molar-refractivity contribution is 7.14. The first kappa shape index (κ1) is 22.2. The van der Waals surface area contributed by atoms with Crippen molar-refractivity contribution in [3.8, 4) is 11.3 Å². The minimum atomic E-state index is -0.327. The van der Waals surface area contributed by atoms with Gasteiger partial charge in [0.05, 0.1) is 17.6 Å². The van der Waals surface area contributed by atoms with E-state index in [1.807, 2.05) is 29.6 Å². The number of nitrogens with one attached hydrogen (secondary N) is 1. The van der Waals surface area contributed by atoms with Crippen molar-refractivity contribution in [1.82, 2.24) is 14.9 Å². The molecule has 0 spiro atoms. The Morgan fingerprint density at radius 2 is 1.94 bits per heavy atom. The minimum absolute atomic E-state index is 0.00262. The van der Waals surface area contributed by atoms with Gasteiger partial charge in [-0.25, -0.2) is 9.97 Å². The summed E-state index contributed by atoms with van der Waals surface area (Å²) < 4.78 is 4.91. The molecular formula is C22H22ClN5O3S. The quantitative estimate of drug-likeness (QED) is 0.592. The summed E-state index contributed by atoms with van der Waals surface area (Å²) in [6, 6.07) is 11.0. The number of halogens is 1. The van der Waals surface area contributed by atoms with Gasteiger partial charge in [-0.15, -0.1) is 11.3 Å². The molecule has 2 aromatic heterocycles. The Morgan fingerprint density at radius 3 is 2.62 bits per heavy atom. The molecule has 3 heterocycles. The van der Waals surface area contributed by atoms with Gasteiger partial charge in [0.1, 0.15) is 12.3 Å². The Morgan fingerprint density at radius 1 is 1.16 bits per heavy atom. The van der Waals surface area contributed by atoms with Gasteiger partial charge in [-0.1, -0.05) is 29.8 Å². The van der Waals surface area contributed by atoms with Crippen molar-refractivity contribution in [3.63, 3.8) is 0 Å². The van der Waals surface area contributed by atoms with Crippen LogP contribution < -0.4 is 10.2 Å². The van der Waals surface area contributed by atoms with E-state index < -0.39 is 0 Å². The maximum atomic E-state index is 12.6. The lowest BCUT2D eigenvalue weighted by molar-refractivity contribution is -0.135. The van der Waals surface area contributed by atoms with Crippen LogP contribution in [0.1, 0.15) is 10.5 Å². The molecule has 0 atom stereocenters. The van der Waals surface area contributed by atoms with Gasteiger partial charge in [0.15, 0.2) is 5.13 Å². The number of piperazine rings is 1. The van der Waals surface area contributed by atoms with Gasteiger partial charge < -0.3 is 14.5 Å². The molecule has 0 saturated carbocycles. The number of hydrogen-bond acceptors (Lipinski definition) is 7. The normalized spacial score (nSPS) is 13.8. The Balaban J connectivity index is 1.35. The second kappa shape index (κ2) is 10.1. The van der Waals surface area contributed by atoms with Gasteiger partial charge in [-0.05, 0) is 18.2 Å². The summed E-state index contributed by atoms with van der Waals surface area (Å²) in [5, 5.41) is 5.73. The standard InChI is InChI=1S/C22H22ClN5O3S/c1-31-13-20(29)28-10-8-27(9-11-28)15-6-7-18(24-12-15)21(30)26-22-25-19(14-32-22)16-4-2-3-5-17(16)23/h2-7,12,14H,8-11,13H2,1H3,(H,25,26,30). The van der Waals surface area contributed by atoms with Crippen molar-refractivity contribution in [1.29, 1.82) is 0 Å². The molecule has 0 aliphatic carbocycles. The van der Waals surface area contributed by atoms with Gasteiger partial charge in [-0.3, -0.25) is 14.9 Å². The lowest BCUT2D eigenvalue weighted by Crippen LogP contribution is -2.49. The van der Waals surface area contributed by atoms with Crippen LogP contribution in [0.2, 0.25) is 5.02 Å². The molecule has 1 saturated heterocycles. The van der Waals surface area contributed by atoms with Gasteiger partial charge in [-0.2, -0.15) is 0 Å². The third-order valence-corrected chi connectivity index (χ3v) is 6.21. The van der Waals surface area contributed by atoms with Crippen molar-refractivity contribution in [3.05, 3.63) is 58.7 Å². The van der Waals surface area contributed by atoms with Crippen LogP contribution in [0.25, 0.3) is 11.3 Å². The molecule has 1 aliphatic rings. The number of hydrogen-bond donors (Lipinski definition) is 1. The molecule has 1 fully saturated rings. The summed E-state index contributed by atoms with van der Waals surface area (Å²) >= 11 is 7.55. The Hall–Kier alpha value is -3.01. The number of anilines is 2. The third kappa shape index (κ3) is 5.07. The third-order valence-electron chi connectivity index (χ3n) is 5.12. The number of nitrogens with zero attached hydrogens (tertiary/aromatic N) is 4. The minimum Gasteiger partial charge on any atom is -0.375 e. The van der Waals surface area contributed by atoms with Crippen LogP contribution in [-0.4, -0.2) is 66.6 Å². The molecular weight excluding hydrogens is 450 g/mol. The van der Waals surface area contributed by atoms with Gasteiger partial charge in [0, 0.05) is 49.3 Å². The number of aromatic nitrogens is 2. The van der Waals surface area contributed by atoms with Crippen LogP contribution in [0.4, 0.5) is 10.8 Å². The fourth-order valence-corrected chi connectivity index (χ4v) is 4.36. The highest BCUT2D eigenvalue weighted by Gasteiger charge is 2.21. The zero-order valence-corrected chi connectivity index (χ0v) is 19.0. The van der Waals surface area contributed by atoms with Crippen molar-refractivity contribution in [2.75, 3.05) is 50.1 Å². The van der Waals surface area contributed by atoms with Crippen molar-refractivity contribution in [2.24, 2.45) is 0 Å². The summed E-state index contributed by atoms with van der Waals surface area (Å²) in [7, 11) is 1.52. The summed E-state index contributed by atoms with van der Waals surface area (Å²) in [5.74, 6) is -0.330. The molecule has 8 nitrogen and oxygen atoms in total. The highest BCUT2D eigenvalue weighted by atomic mass is 35.5. The predicted octanol–water partition coefficient (Wildman–Crippen LogP) is 3.41. The second-order valence-corrected chi connectivity index (χ2v) is 8.44. The fourth-order valence-electron chi connectivity index (χ4n) is 3.42. The van der Waals surface area contributed by atoms with E-state index in [4.69, 9.17) is 16.3 Å². The molecule has 0 radical (unpaired) electrons. The first-order valence-corrected chi connectivity index (χ1v) is 11.3. The lowest BCUT2D eigenvalue weighted by atomic mass is 10.2. The summed E-state index contributed by atoms with van der Waals surface area (Å²) in [4.78, 5) is 37.2.